The number of pyridine rings is 1. The molecule has 0 aliphatic heterocycles. The molecule has 2 heterocycles. The minimum atomic E-state index is -0.391. The number of amides is 1. The maximum absolute atomic E-state index is 12.7. The fraction of sp³-hybridized carbons (Fsp3) is 0.600. The predicted molar refractivity (Wildman–Crippen MR) is 111 cm³/mol. The number of aliphatic hydroxyl groups excluding tert-OH is 1. The van der Waals surface area contributed by atoms with Crippen molar-refractivity contribution in [3.63, 3.8) is 0 Å². The third kappa shape index (κ3) is 4.19. The van der Waals surface area contributed by atoms with Crippen molar-refractivity contribution in [1.82, 2.24) is 19.9 Å². The smallest absolute Gasteiger partial charge is 0.254 e. The van der Waals surface area contributed by atoms with Crippen molar-refractivity contribution in [2.75, 3.05) is 11.1 Å². The number of rotatable bonds is 4. The summed E-state index contributed by atoms with van der Waals surface area (Å²) in [4.78, 5) is 32.9. The van der Waals surface area contributed by atoms with Gasteiger partial charge in [-0.15, -0.1) is 0 Å². The number of nitrogens with one attached hydrogen (secondary N) is 2. The predicted octanol–water partition coefficient (Wildman–Crippen LogP) is 1.32. The molecule has 2 fully saturated rings. The first-order valence-corrected chi connectivity index (χ1v) is 10.3. The van der Waals surface area contributed by atoms with Crippen molar-refractivity contribution in [3.8, 4) is 0 Å². The van der Waals surface area contributed by atoms with Crippen molar-refractivity contribution < 1.29 is 9.90 Å². The Morgan fingerprint density at radius 1 is 1.21 bits per heavy atom. The summed E-state index contributed by atoms with van der Waals surface area (Å²) in [6.07, 6.45) is 6.85. The maximum atomic E-state index is 12.7. The van der Waals surface area contributed by atoms with Crippen LogP contribution in [0, 0.1) is 0 Å². The van der Waals surface area contributed by atoms with Gasteiger partial charge in [0.1, 0.15) is 0 Å². The molecule has 0 saturated heterocycles. The number of aromatic nitrogens is 3. The second kappa shape index (κ2) is 7.98. The van der Waals surface area contributed by atoms with E-state index >= 15 is 0 Å². The highest BCUT2D eigenvalue weighted by atomic mass is 16.3. The van der Waals surface area contributed by atoms with Crippen LogP contribution in [0.2, 0.25) is 0 Å². The number of nitrogens with zero attached hydrogens (tertiary/aromatic N) is 3. The molecule has 0 bridgehead atoms. The Morgan fingerprint density at radius 2 is 1.93 bits per heavy atom. The van der Waals surface area contributed by atoms with Crippen molar-refractivity contribution in [2.24, 2.45) is 0 Å². The zero-order valence-corrected chi connectivity index (χ0v) is 16.6. The molecule has 9 nitrogen and oxygen atoms in total. The number of nitrogen functional groups attached to an aromatic ring is 1. The van der Waals surface area contributed by atoms with E-state index in [4.69, 9.17) is 5.73 Å². The second-order valence-electron chi connectivity index (χ2n) is 8.25. The second-order valence-corrected chi connectivity index (χ2v) is 8.25. The lowest BCUT2D eigenvalue weighted by Gasteiger charge is -2.29. The lowest BCUT2D eigenvalue weighted by Crippen LogP contribution is -2.39. The quantitative estimate of drug-likeness (QED) is 0.608. The molecule has 2 aliphatic carbocycles. The maximum Gasteiger partial charge on any atom is 0.254 e. The van der Waals surface area contributed by atoms with E-state index in [1.807, 2.05) is 0 Å². The van der Waals surface area contributed by atoms with Crippen LogP contribution >= 0.6 is 0 Å². The monoisotopic (exact) mass is 400 g/mol. The topological polar surface area (TPSA) is 135 Å². The highest BCUT2D eigenvalue weighted by Crippen LogP contribution is 2.32. The molecule has 2 aromatic rings. The van der Waals surface area contributed by atoms with Crippen LogP contribution in [0.3, 0.4) is 0 Å². The third-order valence-electron chi connectivity index (χ3n) is 6.03. The van der Waals surface area contributed by atoms with Gasteiger partial charge in [-0.2, -0.15) is 4.98 Å². The fourth-order valence-corrected chi connectivity index (χ4v) is 4.59. The van der Waals surface area contributed by atoms with E-state index in [1.54, 1.807) is 17.7 Å². The molecule has 2 saturated carbocycles. The Balaban J connectivity index is 1.57. The van der Waals surface area contributed by atoms with E-state index in [0.717, 1.165) is 32.1 Å². The first kappa shape index (κ1) is 19.6. The number of aliphatic hydroxyl groups is 1. The molecule has 1 amide bonds. The average molecular weight is 400 g/mol. The summed E-state index contributed by atoms with van der Waals surface area (Å²) in [5, 5.41) is 16.9. The Bertz CT molecular complexity index is 967. The van der Waals surface area contributed by atoms with Gasteiger partial charge in [-0.1, -0.05) is 0 Å². The first-order valence-electron chi connectivity index (χ1n) is 10.3. The normalized spacial score (nSPS) is 27.1. The molecule has 2 aromatic heterocycles. The van der Waals surface area contributed by atoms with Gasteiger partial charge >= 0.3 is 0 Å². The molecule has 9 heteroatoms. The summed E-state index contributed by atoms with van der Waals surface area (Å²) in [6, 6.07) is 1.76. The van der Waals surface area contributed by atoms with Crippen LogP contribution in [0.5, 0.6) is 0 Å². The van der Waals surface area contributed by atoms with Crippen LogP contribution in [0.4, 0.5) is 11.6 Å². The largest absolute Gasteiger partial charge is 0.398 e. The van der Waals surface area contributed by atoms with Crippen LogP contribution in [-0.2, 0) is 4.79 Å². The van der Waals surface area contributed by atoms with Gasteiger partial charge in [0, 0.05) is 43.0 Å². The summed E-state index contributed by atoms with van der Waals surface area (Å²) in [5.41, 5.74) is 6.72. The molecular weight excluding hydrogens is 372 g/mol. The van der Waals surface area contributed by atoms with Gasteiger partial charge in [0.15, 0.2) is 5.65 Å². The number of fused-ring (bicyclic) bond motifs is 1. The number of carbonyl (C=O) groups is 1. The van der Waals surface area contributed by atoms with Gasteiger partial charge < -0.3 is 21.5 Å². The number of carbonyl (C=O) groups excluding carboxylic acids is 1. The van der Waals surface area contributed by atoms with Crippen LogP contribution in [-0.4, -0.2) is 43.7 Å². The lowest BCUT2D eigenvalue weighted by molar-refractivity contribution is -0.119. The standard InChI is InChI=1S/C20H28N6O3/c1-11(27)23-12-2-4-13(5-3-12)24-20-22-10-16-17(21)9-18(29)26(19(16)25-20)14-6-7-15(28)8-14/h9-10,12-15,28H,2-8,21H2,1H3,(H,23,27)(H,22,24,25)/t12?,13?,14-,15-/m1/s1. The lowest BCUT2D eigenvalue weighted by atomic mass is 9.91. The summed E-state index contributed by atoms with van der Waals surface area (Å²) in [6.45, 7) is 1.54. The van der Waals surface area contributed by atoms with Crippen molar-refractivity contribution in [3.05, 3.63) is 22.6 Å². The molecule has 0 radical (unpaired) electrons. The Labute approximate surface area is 168 Å². The first-order chi connectivity index (χ1) is 13.9. The average Bonchev–Trinajstić information content (AvgIpc) is 3.08. The fourth-order valence-electron chi connectivity index (χ4n) is 4.59. The number of anilines is 2. The SMILES string of the molecule is CC(=O)NC1CCC(Nc2ncc3c(N)cc(=O)n([C@@H]4CC[C@@H](O)C4)c3n2)CC1. The molecule has 5 N–H and O–H groups in total. The minimum Gasteiger partial charge on any atom is -0.398 e. The van der Waals surface area contributed by atoms with Crippen molar-refractivity contribution >= 4 is 28.6 Å². The van der Waals surface area contributed by atoms with Crippen molar-refractivity contribution in [2.45, 2.75) is 76.1 Å². The van der Waals surface area contributed by atoms with Crippen LogP contribution < -0.4 is 21.9 Å². The molecule has 0 spiro atoms. The van der Waals surface area contributed by atoms with Crippen LogP contribution in [0.1, 0.15) is 57.9 Å². The van der Waals surface area contributed by atoms with E-state index in [1.165, 1.54) is 6.07 Å². The molecular formula is C20H28N6O3. The van der Waals surface area contributed by atoms with Gasteiger partial charge in [-0.05, 0) is 44.9 Å². The van der Waals surface area contributed by atoms with E-state index in [2.05, 4.69) is 20.6 Å². The molecule has 29 heavy (non-hydrogen) atoms. The van der Waals surface area contributed by atoms with E-state index in [9.17, 15) is 14.7 Å². The third-order valence-corrected chi connectivity index (χ3v) is 6.03. The Hall–Kier alpha value is -2.68. The van der Waals surface area contributed by atoms with E-state index in [0.29, 0.717) is 35.5 Å². The summed E-state index contributed by atoms with van der Waals surface area (Å²) in [5.74, 6) is 0.477. The summed E-state index contributed by atoms with van der Waals surface area (Å²) in [7, 11) is 0. The zero-order valence-electron chi connectivity index (χ0n) is 16.6. The number of hydrogen-bond acceptors (Lipinski definition) is 7. The Kier molecular flexibility index (Phi) is 5.40. The van der Waals surface area contributed by atoms with Crippen LogP contribution in [0.15, 0.2) is 17.1 Å². The van der Waals surface area contributed by atoms with Gasteiger partial charge in [-0.25, -0.2) is 4.98 Å². The summed E-state index contributed by atoms with van der Waals surface area (Å²) < 4.78 is 1.66. The van der Waals surface area contributed by atoms with Gasteiger partial charge in [-0.3, -0.25) is 14.2 Å². The molecule has 0 unspecified atom stereocenters. The molecule has 2 aliphatic rings. The van der Waals surface area contributed by atoms with E-state index < -0.39 is 6.10 Å². The van der Waals surface area contributed by atoms with Gasteiger partial charge in [0.05, 0.1) is 11.5 Å². The van der Waals surface area contributed by atoms with Crippen LogP contribution in [0.25, 0.3) is 11.0 Å². The number of nitrogens with two attached hydrogens (primary N) is 1. The molecule has 0 aromatic carbocycles. The summed E-state index contributed by atoms with van der Waals surface area (Å²) >= 11 is 0. The van der Waals surface area contributed by atoms with Gasteiger partial charge in [0.25, 0.3) is 5.56 Å². The highest BCUT2D eigenvalue weighted by molar-refractivity contribution is 5.87. The number of hydrogen-bond donors (Lipinski definition) is 4. The minimum absolute atomic E-state index is 0.00635. The van der Waals surface area contributed by atoms with Gasteiger partial charge in [0.2, 0.25) is 11.9 Å². The molecule has 156 valence electrons. The molecule has 2 atom stereocenters. The highest BCUT2D eigenvalue weighted by Gasteiger charge is 2.27. The van der Waals surface area contributed by atoms with E-state index in [-0.39, 0.29) is 29.6 Å². The Morgan fingerprint density at radius 3 is 2.59 bits per heavy atom. The molecule has 4 rings (SSSR count). The van der Waals surface area contributed by atoms with Crippen molar-refractivity contribution in [1.29, 1.82) is 0 Å². The zero-order chi connectivity index (χ0) is 20.5.